The molecule has 1 unspecified atom stereocenters. The molecule has 20 heavy (non-hydrogen) atoms. The summed E-state index contributed by atoms with van der Waals surface area (Å²) in [5.74, 6) is -0.0512. The van der Waals surface area contributed by atoms with Crippen LogP contribution in [0.2, 0.25) is 0 Å². The quantitative estimate of drug-likeness (QED) is 0.865. The van der Waals surface area contributed by atoms with Gasteiger partial charge >= 0.3 is 0 Å². The van der Waals surface area contributed by atoms with Crippen LogP contribution < -0.4 is 10.5 Å². The minimum absolute atomic E-state index is 0.0263. The molecule has 0 aliphatic carbocycles. The lowest BCUT2D eigenvalue weighted by molar-refractivity contribution is -0.119. The molecule has 2 N–H and O–H groups in total. The van der Waals surface area contributed by atoms with Crippen LogP contribution in [0.25, 0.3) is 0 Å². The lowest BCUT2D eigenvalue weighted by atomic mass is 10.1. The number of hydrogen-bond acceptors (Lipinski definition) is 4. The van der Waals surface area contributed by atoms with Crippen LogP contribution in [0.5, 0.6) is 5.75 Å². The van der Waals surface area contributed by atoms with Crippen molar-refractivity contribution in [1.29, 1.82) is 0 Å². The molecule has 1 aliphatic heterocycles. The summed E-state index contributed by atoms with van der Waals surface area (Å²) in [5, 5.41) is 0. The molecular weight excluding hydrogens is 260 g/mol. The van der Waals surface area contributed by atoms with Crippen LogP contribution in [0, 0.1) is 0 Å². The Bertz CT molecular complexity index is 486. The zero-order valence-electron chi connectivity index (χ0n) is 11.4. The Kier molecular flexibility index (Phi) is 4.57. The molecule has 1 aromatic rings. The molecule has 1 heterocycles. The SMILES string of the molecule is CC1CN(C(=O)c2ccc(OCC(N)=O)cc2)CCO1. The van der Waals surface area contributed by atoms with Gasteiger partial charge in [-0.25, -0.2) is 0 Å². The van der Waals surface area contributed by atoms with Crippen molar-refractivity contribution < 1.29 is 19.1 Å². The lowest BCUT2D eigenvalue weighted by Crippen LogP contribution is -2.44. The summed E-state index contributed by atoms with van der Waals surface area (Å²) in [6.07, 6.45) is 0.0610. The summed E-state index contributed by atoms with van der Waals surface area (Å²) in [5.41, 5.74) is 5.58. The molecule has 1 saturated heterocycles. The molecule has 0 saturated carbocycles. The topological polar surface area (TPSA) is 81.9 Å². The monoisotopic (exact) mass is 278 g/mol. The van der Waals surface area contributed by atoms with Crippen LogP contribution in [0.1, 0.15) is 17.3 Å². The largest absolute Gasteiger partial charge is 0.484 e. The van der Waals surface area contributed by atoms with Gasteiger partial charge in [-0.1, -0.05) is 0 Å². The van der Waals surface area contributed by atoms with E-state index in [0.717, 1.165) is 0 Å². The molecule has 2 rings (SSSR count). The van der Waals surface area contributed by atoms with E-state index in [2.05, 4.69) is 0 Å². The first-order valence-corrected chi connectivity index (χ1v) is 6.48. The fraction of sp³-hybridized carbons (Fsp3) is 0.429. The first-order chi connectivity index (χ1) is 9.56. The Balaban J connectivity index is 1.98. The van der Waals surface area contributed by atoms with Crippen molar-refractivity contribution in [3.05, 3.63) is 29.8 Å². The van der Waals surface area contributed by atoms with E-state index in [1.165, 1.54) is 0 Å². The summed E-state index contributed by atoms with van der Waals surface area (Å²) in [6.45, 7) is 3.53. The number of carbonyl (C=O) groups excluding carboxylic acids is 2. The highest BCUT2D eigenvalue weighted by Crippen LogP contribution is 2.15. The molecule has 0 bridgehead atoms. The Morgan fingerprint density at radius 3 is 2.70 bits per heavy atom. The van der Waals surface area contributed by atoms with E-state index in [0.29, 0.717) is 31.0 Å². The first kappa shape index (κ1) is 14.3. The highest BCUT2D eigenvalue weighted by Gasteiger charge is 2.22. The predicted molar refractivity (Wildman–Crippen MR) is 72.4 cm³/mol. The van der Waals surface area contributed by atoms with Gasteiger partial charge in [-0.05, 0) is 31.2 Å². The van der Waals surface area contributed by atoms with Crippen molar-refractivity contribution in [1.82, 2.24) is 4.90 Å². The van der Waals surface area contributed by atoms with Gasteiger partial charge < -0.3 is 20.1 Å². The molecular formula is C14H18N2O4. The Morgan fingerprint density at radius 1 is 1.40 bits per heavy atom. The van der Waals surface area contributed by atoms with Crippen molar-refractivity contribution in [3.63, 3.8) is 0 Å². The van der Waals surface area contributed by atoms with Crippen LogP contribution >= 0.6 is 0 Å². The number of primary amides is 1. The molecule has 2 amide bonds. The third kappa shape index (κ3) is 3.71. The van der Waals surface area contributed by atoms with Crippen molar-refractivity contribution >= 4 is 11.8 Å². The summed E-state index contributed by atoms with van der Waals surface area (Å²) in [7, 11) is 0. The molecule has 0 spiro atoms. The van der Waals surface area contributed by atoms with E-state index in [1.54, 1.807) is 29.2 Å². The lowest BCUT2D eigenvalue weighted by Gasteiger charge is -2.31. The van der Waals surface area contributed by atoms with Crippen LogP contribution in [0.4, 0.5) is 0 Å². The molecule has 1 aromatic carbocycles. The average molecular weight is 278 g/mol. The number of benzene rings is 1. The summed E-state index contributed by atoms with van der Waals surface area (Å²) >= 11 is 0. The van der Waals surface area contributed by atoms with Gasteiger partial charge in [-0.3, -0.25) is 9.59 Å². The Hall–Kier alpha value is -2.08. The second kappa shape index (κ2) is 6.38. The first-order valence-electron chi connectivity index (χ1n) is 6.48. The number of nitrogens with zero attached hydrogens (tertiary/aromatic N) is 1. The van der Waals surface area contributed by atoms with Crippen molar-refractivity contribution in [2.45, 2.75) is 13.0 Å². The maximum absolute atomic E-state index is 12.3. The summed E-state index contributed by atoms with van der Waals surface area (Å²) in [6, 6.07) is 6.66. The fourth-order valence-corrected chi connectivity index (χ4v) is 2.03. The van der Waals surface area contributed by atoms with E-state index in [9.17, 15) is 9.59 Å². The third-order valence-corrected chi connectivity index (χ3v) is 3.01. The fourth-order valence-electron chi connectivity index (χ4n) is 2.03. The Morgan fingerprint density at radius 2 is 2.10 bits per heavy atom. The van der Waals surface area contributed by atoms with Crippen LogP contribution in [-0.4, -0.2) is 49.1 Å². The molecule has 1 aliphatic rings. The van der Waals surface area contributed by atoms with Gasteiger partial charge in [0.2, 0.25) is 0 Å². The summed E-state index contributed by atoms with van der Waals surface area (Å²) < 4.78 is 10.6. The van der Waals surface area contributed by atoms with Gasteiger partial charge in [-0.15, -0.1) is 0 Å². The molecule has 6 nitrogen and oxygen atoms in total. The van der Waals surface area contributed by atoms with E-state index in [-0.39, 0.29) is 18.6 Å². The van der Waals surface area contributed by atoms with E-state index < -0.39 is 5.91 Å². The van der Waals surface area contributed by atoms with Gasteiger partial charge in [0.05, 0.1) is 12.7 Å². The normalized spacial score (nSPS) is 18.6. The average Bonchev–Trinajstić information content (AvgIpc) is 2.45. The van der Waals surface area contributed by atoms with Gasteiger partial charge in [0, 0.05) is 18.7 Å². The molecule has 1 atom stereocenters. The maximum atomic E-state index is 12.3. The van der Waals surface area contributed by atoms with E-state index >= 15 is 0 Å². The van der Waals surface area contributed by atoms with Crippen LogP contribution in [0.15, 0.2) is 24.3 Å². The summed E-state index contributed by atoms with van der Waals surface area (Å²) in [4.78, 5) is 24.7. The number of ether oxygens (including phenoxy) is 2. The number of morpholine rings is 1. The van der Waals surface area contributed by atoms with Crippen molar-refractivity contribution in [3.8, 4) is 5.75 Å². The third-order valence-electron chi connectivity index (χ3n) is 3.01. The highest BCUT2D eigenvalue weighted by atomic mass is 16.5. The van der Waals surface area contributed by atoms with Gasteiger partial charge in [-0.2, -0.15) is 0 Å². The van der Waals surface area contributed by atoms with Gasteiger partial charge in [0.1, 0.15) is 5.75 Å². The number of nitrogens with two attached hydrogens (primary N) is 1. The molecule has 108 valence electrons. The predicted octanol–water partition coefficient (Wildman–Crippen LogP) is 0.412. The molecule has 6 heteroatoms. The second-order valence-electron chi connectivity index (χ2n) is 4.71. The number of amides is 2. The minimum atomic E-state index is -0.535. The van der Waals surface area contributed by atoms with Crippen molar-refractivity contribution in [2.75, 3.05) is 26.3 Å². The van der Waals surface area contributed by atoms with Gasteiger partial charge in [0.15, 0.2) is 6.61 Å². The molecule has 1 fully saturated rings. The van der Waals surface area contributed by atoms with E-state index in [4.69, 9.17) is 15.2 Å². The number of carbonyl (C=O) groups is 2. The molecule has 0 aromatic heterocycles. The standard InChI is InChI=1S/C14H18N2O4/c1-10-8-16(6-7-19-10)14(18)11-2-4-12(5-3-11)20-9-13(15)17/h2-5,10H,6-9H2,1H3,(H2,15,17). The maximum Gasteiger partial charge on any atom is 0.255 e. The Labute approximate surface area is 117 Å². The molecule has 0 radical (unpaired) electrons. The number of hydrogen-bond donors (Lipinski definition) is 1. The zero-order chi connectivity index (χ0) is 14.5. The zero-order valence-corrected chi connectivity index (χ0v) is 11.4. The number of rotatable bonds is 4. The van der Waals surface area contributed by atoms with Crippen LogP contribution in [0.3, 0.4) is 0 Å². The highest BCUT2D eigenvalue weighted by molar-refractivity contribution is 5.94. The van der Waals surface area contributed by atoms with Crippen LogP contribution in [-0.2, 0) is 9.53 Å². The van der Waals surface area contributed by atoms with E-state index in [1.807, 2.05) is 6.92 Å². The smallest absolute Gasteiger partial charge is 0.255 e. The minimum Gasteiger partial charge on any atom is -0.484 e. The van der Waals surface area contributed by atoms with Crippen molar-refractivity contribution in [2.24, 2.45) is 5.73 Å². The van der Waals surface area contributed by atoms with Gasteiger partial charge in [0.25, 0.3) is 11.8 Å². The second-order valence-corrected chi connectivity index (χ2v) is 4.71.